The number of benzene rings is 4. The molecule has 1 aliphatic rings. The van der Waals surface area contributed by atoms with Gasteiger partial charge < -0.3 is 15.0 Å². The quantitative estimate of drug-likeness (QED) is 0.183. The number of nitrogens with one attached hydrogen (secondary N) is 1. The van der Waals surface area contributed by atoms with Gasteiger partial charge in [0.1, 0.15) is 18.3 Å². The Morgan fingerprint density at radius 1 is 0.830 bits per heavy atom. The average molecular weight is 654 g/mol. The lowest BCUT2D eigenvalue weighted by atomic mass is 9.94. The molecular weight excluding hydrogens is 611 g/mol. The van der Waals surface area contributed by atoms with E-state index in [1.54, 1.807) is 30.3 Å². The van der Waals surface area contributed by atoms with Crippen LogP contribution in [0.25, 0.3) is 0 Å². The third kappa shape index (κ3) is 8.60. The van der Waals surface area contributed by atoms with Crippen LogP contribution in [0, 0.1) is 6.92 Å². The van der Waals surface area contributed by atoms with E-state index in [0.717, 1.165) is 53.1 Å². The normalized spacial score (nSPS) is 14.2. The fourth-order valence-electron chi connectivity index (χ4n) is 6.11. The number of anilines is 1. The lowest BCUT2D eigenvalue weighted by molar-refractivity contribution is -0.140. The fourth-order valence-corrected chi connectivity index (χ4v) is 7.54. The van der Waals surface area contributed by atoms with Gasteiger partial charge in [-0.3, -0.25) is 13.9 Å². The van der Waals surface area contributed by atoms with Gasteiger partial charge in [0.25, 0.3) is 10.0 Å². The van der Waals surface area contributed by atoms with Crippen molar-refractivity contribution >= 4 is 27.5 Å². The first-order chi connectivity index (χ1) is 22.8. The predicted molar refractivity (Wildman–Crippen MR) is 185 cm³/mol. The van der Waals surface area contributed by atoms with Crippen LogP contribution < -0.4 is 14.4 Å². The maximum Gasteiger partial charge on any atom is 0.264 e. The second-order valence-electron chi connectivity index (χ2n) is 12.1. The van der Waals surface area contributed by atoms with Crippen molar-refractivity contribution in [3.8, 4) is 5.75 Å². The topological polar surface area (TPSA) is 96.0 Å². The lowest BCUT2D eigenvalue weighted by Gasteiger charge is -2.35. The molecule has 47 heavy (non-hydrogen) atoms. The van der Waals surface area contributed by atoms with Crippen LogP contribution in [0.3, 0.4) is 0 Å². The molecule has 1 saturated carbocycles. The van der Waals surface area contributed by atoms with E-state index < -0.39 is 28.5 Å². The van der Waals surface area contributed by atoms with Crippen LogP contribution >= 0.6 is 0 Å². The molecule has 0 spiro atoms. The molecule has 2 amide bonds. The van der Waals surface area contributed by atoms with Crippen LogP contribution in [0.5, 0.6) is 5.75 Å². The number of carbonyl (C=O) groups excluding carboxylic acids is 2. The van der Waals surface area contributed by atoms with E-state index in [1.165, 1.54) is 24.1 Å². The van der Waals surface area contributed by atoms with Crippen molar-refractivity contribution in [1.82, 2.24) is 10.2 Å². The smallest absolute Gasteiger partial charge is 0.264 e. The second kappa shape index (κ2) is 15.8. The molecule has 0 heterocycles. The van der Waals surface area contributed by atoms with E-state index >= 15 is 0 Å². The Bertz CT molecular complexity index is 1730. The summed E-state index contributed by atoms with van der Waals surface area (Å²) >= 11 is 0. The summed E-state index contributed by atoms with van der Waals surface area (Å²) in [7, 11) is -2.76. The maximum atomic E-state index is 14.7. The second-order valence-corrected chi connectivity index (χ2v) is 13.9. The van der Waals surface area contributed by atoms with Gasteiger partial charge in [-0.15, -0.1) is 0 Å². The summed E-state index contributed by atoms with van der Waals surface area (Å²) in [6.07, 6.45) is 5.31. The molecular formula is C38H43N3O5S. The van der Waals surface area contributed by atoms with Gasteiger partial charge in [0.2, 0.25) is 11.8 Å². The monoisotopic (exact) mass is 653 g/mol. The van der Waals surface area contributed by atoms with E-state index in [9.17, 15) is 18.0 Å². The molecule has 8 nitrogen and oxygen atoms in total. The van der Waals surface area contributed by atoms with Crippen LogP contribution in [-0.4, -0.2) is 50.9 Å². The highest BCUT2D eigenvalue weighted by molar-refractivity contribution is 7.92. The van der Waals surface area contributed by atoms with Gasteiger partial charge in [0.15, 0.2) is 0 Å². The van der Waals surface area contributed by atoms with Gasteiger partial charge in [-0.25, -0.2) is 8.42 Å². The molecule has 0 aromatic heterocycles. The largest absolute Gasteiger partial charge is 0.495 e. The van der Waals surface area contributed by atoms with E-state index in [4.69, 9.17) is 4.74 Å². The molecule has 5 rings (SSSR count). The van der Waals surface area contributed by atoms with Crippen molar-refractivity contribution < 1.29 is 22.7 Å². The maximum absolute atomic E-state index is 14.7. The van der Waals surface area contributed by atoms with E-state index in [0.29, 0.717) is 5.75 Å². The highest BCUT2D eigenvalue weighted by Crippen LogP contribution is 2.34. The molecule has 0 radical (unpaired) electrons. The minimum Gasteiger partial charge on any atom is -0.495 e. The SMILES string of the molecule is COc1ccc(C)cc1N(CC(=O)N(Cc1ccccc1)[C@H](Cc1ccccc1)C(=O)NC1CCCCC1)S(=O)(=O)c1ccccc1. The molecule has 0 unspecified atom stereocenters. The molecule has 1 N–H and O–H groups in total. The zero-order chi connectivity index (χ0) is 33.2. The highest BCUT2D eigenvalue weighted by Gasteiger charge is 2.36. The summed E-state index contributed by atoms with van der Waals surface area (Å²) < 4.78 is 35.3. The van der Waals surface area contributed by atoms with E-state index in [-0.39, 0.29) is 35.5 Å². The molecule has 1 fully saturated rings. The van der Waals surface area contributed by atoms with Crippen molar-refractivity contribution in [2.75, 3.05) is 18.0 Å². The highest BCUT2D eigenvalue weighted by atomic mass is 32.2. The molecule has 9 heteroatoms. The van der Waals surface area contributed by atoms with E-state index in [2.05, 4.69) is 5.32 Å². The number of carbonyl (C=O) groups is 2. The minimum atomic E-state index is -4.23. The fraction of sp³-hybridized carbons (Fsp3) is 0.316. The van der Waals surface area contributed by atoms with Crippen LogP contribution in [-0.2, 0) is 32.6 Å². The number of hydrogen-bond acceptors (Lipinski definition) is 5. The molecule has 1 atom stereocenters. The third-order valence-corrected chi connectivity index (χ3v) is 10.4. The first-order valence-electron chi connectivity index (χ1n) is 16.2. The minimum absolute atomic E-state index is 0.0368. The Morgan fingerprint density at radius 3 is 2.04 bits per heavy atom. The predicted octanol–water partition coefficient (Wildman–Crippen LogP) is 6.29. The Hall–Kier alpha value is -4.63. The number of methoxy groups -OCH3 is 1. The molecule has 0 aliphatic heterocycles. The van der Waals surface area contributed by atoms with Gasteiger partial charge in [0, 0.05) is 19.0 Å². The molecule has 0 bridgehead atoms. The Labute approximate surface area is 278 Å². The molecule has 4 aromatic carbocycles. The Kier molecular flexibility index (Phi) is 11.3. The van der Waals surface area contributed by atoms with Crippen LogP contribution in [0.4, 0.5) is 5.69 Å². The summed E-state index contributed by atoms with van der Waals surface area (Å²) in [5.41, 5.74) is 2.78. The van der Waals surface area contributed by atoms with Crippen LogP contribution in [0.2, 0.25) is 0 Å². The van der Waals surface area contributed by atoms with Crippen molar-refractivity contribution in [2.24, 2.45) is 0 Å². The zero-order valence-corrected chi connectivity index (χ0v) is 27.9. The number of hydrogen-bond donors (Lipinski definition) is 1. The zero-order valence-electron chi connectivity index (χ0n) is 27.0. The summed E-state index contributed by atoms with van der Waals surface area (Å²) in [6.45, 7) is 1.44. The van der Waals surface area contributed by atoms with Crippen LogP contribution in [0.1, 0.15) is 48.8 Å². The average Bonchev–Trinajstić information content (AvgIpc) is 3.10. The number of aryl methyl sites for hydroxylation is 1. The first-order valence-corrected chi connectivity index (χ1v) is 17.6. The number of ether oxygens (including phenoxy) is 1. The molecule has 246 valence electrons. The van der Waals surface area contributed by atoms with Crippen LogP contribution in [0.15, 0.2) is 114 Å². The molecule has 4 aromatic rings. The van der Waals surface area contributed by atoms with Crippen molar-refractivity contribution in [3.63, 3.8) is 0 Å². The standard InChI is InChI=1S/C38H43N3O5S/c1-29-23-24-36(46-2)34(25-29)41(47(44,45)33-21-13-6-14-22-33)28-37(42)40(27-31-17-9-4-10-18-31)35(26-30-15-7-3-8-16-30)38(43)39-32-19-11-5-12-20-32/h3-4,6-10,13-18,21-25,32,35H,5,11-12,19-20,26-28H2,1-2H3,(H,39,43)/t35-/m1/s1. The Balaban J connectivity index is 1.58. The van der Waals surface area contributed by atoms with Crippen molar-refractivity contribution in [3.05, 3.63) is 126 Å². The van der Waals surface area contributed by atoms with Gasteiger partial charge in [0.05, 0.1) is 17.7 Å². The lowest BCUT2D eigenvalue weighted by Crippen LogP contribution is -2.55. The summed E-state index contributed by atoms with van der Waals surface area (Å²) in [6, 6.07) is 31.5. The number of sulfonamides is 1. The summed E-state index contributed by atoms with van der Waals surface area (Å²) in [4.78, 5) is 30.5. The van der Waals surface area contributed by atoms with Gasteiger partial charge >= 0.3 is 0 Å². The van der Waals surface area contributed by atoms with Crippen molar-refractivity contribution in [1.29, 1.82) is 0 Å². The van der Waals surface area contributed by atoms with Gasteiger partial charge in [-0.1, -0.05) is 104 Å². The number of rotatable bonds is 13. The molecule has 1 aliphatic carbocycles. The third-order valence-electron chi connectivity index (χ3n) is 8.63. The summed E-state index contributed by atoms with van der Waals surface area (Å²) in [5, 5.41) is 3.24. The Morgan fingerprint density at radius 2 is 1.43 bits per heavy atom. The van der Waals surface area contributed by atoms with Gasteiger partial charge in [-0.2, -0.15) is 0 Å². The number of amides is 2. The summed E-state index contributed by atoms with van der Waals surface area (Å²) in [5.74, 6) is -0.430. The van der Waals surface area contributed by atoms with Crippen molar-refractivity contribution in [2.45, 2.75) is 69.0 Å². The first kappa shape index (κ1) is 33.7. The molecule has 0 saturated heterocycles. The number of nitrogens with zero attached hydrogens (tertiary/aromatic N) is 2. The van der Waals surface area contributed by atoms with E-state index in [1.807, 2.05) is 73.7 Å². The van der Waals surface area contributed by atoms with Gasteiger partial charge in [-0.05, 0) is 60.7 Å².